The highest BCUT2D eigenvalue weighted by Gasteiger charge is 2.48. The smallest absolute Gasteiger partial charge is 0.252 e. The molecule has 8 heteroatoms. The van der Waals surface area contributed by atoms with Gasteiger partial charge in [0.2, 0.25) is 0 Å². The standard InChI is InChI=1S/C23H26N2O4S2/c1-16-4-3-5-18(12-16)13-22(26)24-23-25(20-14-31(27,28)15-21(20)30-23)11-10-17-6-8-19(29-2)9-7-17/h3-9,12,20-21H,10-11,13-15H2,1-2H3/t20-,21+/m0/s1. The zero-order valence-corrected chi connectivity index (χ0v) is 19.3. The van der Waals surface area contributed by atoms with Gasteiger partial charge in [-0.05, 0) is 36.6 Å². The van der Waals surface area contributed by atoms with Gasteiger partial charge in [0.15, 0.2) is 15.0 Å². The predicted molar refractivity (Wildman–Crippen MR) is 125 cm³/mol. The van der Waals surface area contributed by atoms with Crippen LogP contribution in [-0.2, 0) is 27.5 Å². The molecule has 2 aromatic rings. The molecule has 31 heavy (non-hydrogen) atoms. The number of aryl methyl sites for hydroxylation is 1. The average molecular weight is 459 g/mol. The maximum absolute atomic E-state index is 12.7. The second-order valence-corrected chi connectivity index (χ2v) is 11.4. The lowest BCUT2D eigenvalue weighted by Crippen LogP contribution is -2.39. The molecule has 0 N–H and O–H groups in total. The number of nitrogens with zero attached hydrogens (tertiary/aromatic N) is 2. The van der Waals surface area contributed by atoms with E-state index in [0.717, 1.165) is 28.9 Å². The molecule has 1 amide bonds. The molecule has 0 aliphatic carbocycles. The number of fused-ring (bicyclic) bond motifs is 1. The molecule has 2 aliphatic heterocycles. The van der Waals surface area contributed by atoms with Crippen LogP contribution in [0.15, 0.2) is 53.5 Å². The number of aliphatic imine (C=N–C) groups is 1. The fourth-order valence-corrected chi connectivity index (χ4v) is 8.08. The van der Waals surface area contributed by atoms with Crippen LogP contribution in [0.3, 0.4) is 0 Å². The predicted octanol–water partition coefficient (Wildman–Crippen LogP) is 2.89. The number of benzene rings is 2. The van der Waals surface area contributed by atoms with E-state index in [2.05, 4.69) is 4.99 Å². The van der Waals surface area contributed by atoms with Gasteiger partial charge in [0.25, 0.3) is 5.91 Å². The van der Waals surface area contributed by atoms with Gasteiger partial charge >= 0.3 is 0 Å². The Morgan fingerprint density at radius 3 is 2.65 bits per heavy atom. The molecule has 0 unspecified atom stereocenters. The van der Waals surface area contributed by atoms with Gasteiger partial charge in [-0.25, -0.2) is 8.42 Å². The topological polar surface area (TPSA) is 76.0 Å². The minimum Gasteiger partial charge on any atom is -0.497 e. The molecule has 0 radical (unpaired) electrons. The molecule has 2 fully saturated rings. The van der Waals surface area contributed by atoms with Gasteiger partial charge in [0.05, 0.1) is 31.1 Å². The molecule has 0 saturated carbocycles. The van der Waals surface area contributed by atoms with E-state index in [1.807, 2.05) is 60.4 Å². The zero-order valence-electron chi connectivity index (χ0n) is 17.7. The Morgan fingerprint density at radius 2 is 1.94 bits per heavy atom. The van der Waals surface area contributed by atoms with Gasteiger partial charge < -0.3 is 9.64 Å². The van der Waals surface area contributed by atoms with Gasteiger partial charge in [0.1, 0.15) is 5.75 Å². The van der Waals surface area contributed by atoms with Gasteiger partial charge in [-0.3, -0.25) is 4.79 Å². The molecule has 4 rings (SSSR count). The van der Waals surface area contributed by atoms with Crippen molar-refractivity contribution in [2.75, 3.05) is 25.2 Å². The molecule has 2 saturated heterocycles. The van der Waals surface area contributed by atoms with Gasteiger partial charge in [-0.1, -0.05) is 53.7 Å². The highest BCUT2D eigenvalue weighted by molar-refractivity contribution is 8.15. The molecule has 2 aromatic carbocycles. The van der Waals surface area contributed by atoms with Crippen molar-refractivity contribution in [1.29, 1.82) is 0 Å². The highest BCUT2D eigenvalue weighted by atomic mass is 32.2. The summed E-state index contributed by atoms with van der Waals surface area (Å²) in [6, 6.07) is 15.6. The van der Waals surface area contributed by atoms with Crippen LogP contribution in [-0.4, -0.2) is 60.8 Å². The third kappa shape index (κ3) is 5.30. The lowest BCUT2D eigenvalue weighted by atomic mass is 10.1. The van der Waals surface area contributed by atoms with Crippen LogP contribution >= 0.6 is 11.8 Å². The summed E-state index contributed by atoms with van der Waals surface area (Å²) in [5, 5.41) is 0.586. The maximum Gasteiger partial charge on any atom is 0.252 e. The van der Waals surface area contributed by atoms with Crippen molar-refractivity contribution in [3.8, 4) is 5.75 Å². The number of ether oxygens (including phenoxy) is 1. The fourth-order valence-electron chi connectivity index (χ4n) is 4.08. The number of carbonyl (C=O) groups is 1. The number of methoxy groups -OCH3 is 1. The maximum atomic E-state index is 12.7. The Hall–Kier alpha value is -2.32. The van der Waals surface area contributed by atoms with Gasteiger partial charge in [0, 0.05) is 11.8 Å². The molecule has 2 aliphatic rings. The van der Waals surface area contributed by atoms with Crippen LogP contribution in [0.5, 0.6) is 5.75 Å². The molecule has 0 bridgehead atoms. The second-order valence-electron chi connectivity index (χ2n) is 8.05. The summed E-state index contributed by atoms with van der Waals surface area (Å²) >= 11 is 1.43. The summed E-state index contributed by atoms with van der Waals surface area (Å²) in [5.74, 6) is 0.863. The van der Waals surface area contributed by atoms with Crippen LogP contribution in [0.25, 0.3) is 0 Å². The lowest BCUT2D eigenvalue weighted by Gasteiger charge is -2.24. The van der Waals surface area contributed by atoms with Crippen LogP contribution in [0, 0.1) is 6.92 Å². The number of carbonyl (C=O) groups excluding carboxylic acids is 1. The monoisotopic (exact) mass is 458 g/mol. The van der Waals surface area contributed by atoms with Crippen LogP contribution in [0.1, 0.15) is 16.7 Å². The van der Waals surface area contributed by atoms with Crippen molar-refractivity contribution in [2.24, 2.45) is 4.99 Å². The summed E-state index contributed by atoms with van der Waals surface area (Å²) in [6.45, 7) is 2.61. The van der Waals surface area contributed by atoms with Crippen molar-refractivity contribution in [1.82, 2.24) is 4.90 Å². The van der Waals surface area contributed by atoms with Crippen LogP contribution < -0.4 is 4.74 Å². The molecule has 2 atom stereocenters. The zero-order chi connectivity index (χ0) is 22.0. The van der Waals surface area contributed by atoms with E-state index in [-0.39, 0.29) is 35.1 Å². The Labute approximate surface area is 187 Å². The van der Waals surface area contributed by atoms with Crippen molar-refractivity contribution >= 4 is 32.7 Å². The quantitative estimate of drug-likeness (QED) is 0.663. The largest absolute Gasteiger partial charge is 0.497 e. The second kappa shape index (κ2) is 9.04. The first-order valence-corrected chi connectivity index (χ1v) is 13.0. The molecular weight excluding hydrogens is 432 g/mol. The average Bonchev–Trinajstić information content (AvgIpc) is 3.17. The first-order chi connectivity index (χ1) is 14.8. The molecule has 2 heterocycles. The highest BCUT2D eigenvalue weighted by Crippen LogP contribution is 2.38. The summed E-state index contributed by atoms with van der Waals surface area (Å²) < 4.78 is 29.6. The Morgan fingerprint density at radius 1 is 1.16 bits per heavy atom. The number of rotatable bonds is 6. The van der Waals surface area contributed by atoms with Crippen molar-refractivity contribution in [3.63, 3.8) is 0 Å². The molecule has 0 aromatic heterocycles. The first-order valence-electron chi connectivity index (χ1n) is 10.3. The van der Waals surface area contributed by atoms with Crippen molar-refractivity contribution in [3.05, 3.63) is 65.2 Å². The number of hydrogen-bond donors (Lipinski definition) is 0. The van der Waals surface area contributed by atoms with E-state index in [1.165, 1.54) is 11.8 Å². The molecule has 6 nitrogen and oxygen atoms in total. The van der Waals surface area contributed by atoms with E-state index < -0.39 is 9.84 Å². The van der Waals surface area contributed by atoms with Crippen molar-refractivity contribution < 1.29 is 17.9 Å². The minimum absolute atomic E-state index is 0.0635. The normalized spacial score (nSPS) is 23.2. The van der Waals surface area contributed by atoms with Gasteiger partial charge in [-0.15, -0.1) is 0 Å². The van der Waals surface area contributed by atoms with Gasteiger partial charge in [-0.2, -0.15) is 4.99 Å². The summed E-state index contributed by atoms with van der Waals surface area (Å²) in [4.78, 5) is 19.1. The van der Waals surface area contributed by atoms with Crippen LogP contribution in [0.2, 0.25) is 0 Å². The Balaban J connectivity index is 1.50. The fraction of sp³-hybridized carbons (Fsp3) is 0.391. The minimum atomic E-state index is -3.05. The summed E-state index contributed by atoms with van der Waals surface area (Å²) in [7, 11) is -1.42. The lowest BCUT2D eigenvalue weighted by molar-refractivity contribution is -0.117. The molecule has 164 valence electrons. The number of hydrogen-bond acceptors (Lipinski definition) is 5. The third-order valence-corrected chi connectivity index (χ3v) is 8.88. The number of amides is 1. The summed E-state index contributed by atoms with van der Waals surface area (Å²) in [6.07, 6.45) is 0.977. The first kappa shape index (κ1) is 21.9. The SMILES string of the molecule is COc1ccc(CCN2C(=NC(=O)Cc3cccc(C)c3)S[C@@H]3CS(=O)(=O)C[C@@H]32)cc1. The third-order valence-electron chi connectivity index (χ3n) is 5.63. The van der Waals surface area contributed by atoms with E-state index in [1.54, 1.807) is 7.11 Å². The summed E-state index contributed by atoms with van der Waals surface area (Å²) in [5.41, 5.74) is 3.17. The molecular formula is C23H26N2O4S2. The van der Waals surface area contributed by atoms with E-state index in [4.69, 9.17) is 4.74 Å². The number of amidine groups is 1. The van der Waals surface area contributed by atoms with E-state index >= 15 is 0 Å². The Bertz CT molecular complexity index is 1100. The Kier molecular flexibility index (Phi) is 6.39. The number of thioether (sulfide) groups is 1. The molecule has 0 spiro atoms. The van der Waals surface area contributed by atoms with Crippen molar-refractivity contribution in [2.45, 2.75) is 31.1 Å². The van der Waals surface area contributed by atoms with E-state index in [9.17, 15) is 13.2 Å². The van der Waals surface area contributed by atoms with Crippen LogP contribution in [0.4, 0.5) is 0 Å². The van der Waals surface area contributed by atoms with E-state index in [0.29, 0.717) is 11.7 Å². The number of sulfone groups is 1.